The molecule has 166 valence electrons. The van der Waals surface area contributed by atoms with Gasteiger partial charge in [-0.05, 0) is 51.5 Å². The molecular weight excluding hydrogens is 408 g/mol. The summed E-state index contributed by atoms with van der Waals surface area (Å²) >= 11 is 1.71. The van der Waals surface area contributed by atoms with Crippen molar-refractivity contribution in [2.24, 2.45) is 0 Å². The van der Waals surface area contributed by atoms with E-state index < -0.39 is 0 Å². The second-order valence-electron chi connectivity index (χ2n) is 8.50. The van der Waals surface area contributed by atoms with Crippen LogP contribution in [0.1, 0.15) is 29.3 Å². The van der Waals surface area contributed by atoms with Crippen molar-refractivity contribution in [2.75, 3.05) is 40.8 Å². The third-order valence-electron chi connectivity index (χ3n) is 6.30. The maximum atomic E-state index is 13.4. The number of para-hydroxylation sites is 1. The van der Waals surface area contributed by atoms with Gasteiger partial charge in [0.1, 0.15) is 10.6 Å². The Labute approximate surface area is 188 Å². The van der Waals surface area contributed by atoms with Gasteiger partial charge in [0.2, 0.25) is 0 Å². The van der Waals surface area contributed by atoms with Crippen LogP contribution in [0.4, 0.5) is 0 Å². The summed E-state index contributed by atoms with van der Waals surface area (Å²) in [6, 6.07) is 8.37. The van der Waals surface area contributed by atoms with Crippen molar-refractivity contribution in [3.8, 4) is 5.75 Å². The predicted molar refractivity (Wildman–Crippen MR) is 128 cm³/mol. The van der Waals surface area contributed by atoms with Gasteiger partial charge >= 0.3 is 0 Å². The number of aryl methyl sites for hydroxylation is 1. The molecule has 0 aliphatic heterocycles. The summed E-state index contributed by atoms with van der Waals surface area (Å²) in [6.07, 6.45) is 4.75. The number of benzene rings is 1. The van der Waals surface area contributed by atoms with Gasteiger partial charge < -0.3 is 9.64 Å². The number of aromatic nitrogens is 2. The minimum Gasteiger partial charge on any atom is -0.496 e. The van der Waals surface area contributed by atoms with Gasteiger partial charge in [-0.2, -0.15) is 0 Å². The van der Waals surface area contributed by atoms with Crippen LogP contribution in [0.25, 0.3) is 10.2 Å². The first-order chi connectivity index (χ1) is 15.0. The van der Waals surface area contributed by atoms with Crippen LogP contribution in [0.3, 0.4) is 0 Å². The van der Waals surface area contributed by atoms with Crippen molar-refractivity contribution in [2.45, 2.75) is 38.8 Å². The van der Waals surface area contributed by atoms with Gasteiger partial charge in [0.25, 0.3) is 5.56 Å². The molecule has 0 saturated carbocycles. The Morgan fingerprint density at radius 1 is 1.26 bits per heavy atom. The van der Waals surface area contributed by atoms with Gasteiger partial charge in [0.15, 0.2) is 0 Å². The molecule has 4 rings (SSSR count). The minimum absolute atomic E-state index is 0.0619. The SMILES string of the molecule is CCN(CCN(C)C)C1CCc2c(sc3ncn(Cc4ccccc4OC)c(=O)c23)C1. The topological polar surface area (TPSA) is 50.6 Å². The molecule has 3 aromatic rings. The highest BCUT2D eigenvalue weighted by Gasteiger charge is 2.28. The van der Waals surface area contributed by atoms with E-state index in [9.17, 15) is 4.79 Å². The fraction of sp³-hybridized carbons (Fsp3) is 0.500. The summed E-state index contributed by atoms with van der Waals surface area (Å²) < 4.78 is 7.18. The molecule has 0 amide bonds. The summed E-state index contributed by atoms with van der Waals surface area (Å²) in [5, 5.41) is 0.826. The lowest BCUT2D eigenvalue weighted by Gasteiger charge is -2.34. The number of hydrogen-bond donors (Lipinski definition) is 0. The van der Waals surface area contributed by atoms with E-state index in [0.717, 1.165) is 60.4 Å². The van der Waals surface area contributed by atoms with Crippen molar-refractivity contribution in [3.05, 3.63) is 57.0 Å². The summed E-state index contributed by atoms with van der Waals surface area (Å²) in [5.74, 6) is 0.794. The molecule has 2 heterocycles. The lowest BCUT2D eigenvalue weighted by molar-refractivity contribution is 0.173. The normalized spacial score (nSPS) is 16.3. The molecule has 0 N–H and O–H groups in total. The molecule has 6 nitrogen and oxygen atoms in total. The number of nitrogens with zero attached hydrogens (tertiary/aromatic N) is 4. The van der Waals surface area contributed by atoms with Crippen LogP contribution < -0.4 is 10.3 Å². The van der Waals surface area contributed by atoms with Gasteiger partial charge in [0.05, 0.1) is 25.4 Å². The van der Waals surface area contributed by atoms with Crippen LogP contribution in [0.15, 0.2) is 35.4 Å². The molecule has 1 atom stereocenters. The molecule has 1 aromatic carbocycles. The van der Waals surface area contributed by atoms with Crippen LogP contribution in [-0.2, 0) is 19.4 Å². The molecular formula is C24H32N4O2S. The van der Waals surface area contributed by atoms with E-state index in [4.69, 9.17) is 4.74 Å². The van der Waals surface area contributed by atoms with Crippen LogP contribution in [0.2, 0.25) is 0 Å². The molecule has 1 aliphatic carbocycles. The largest absolute Gasteiger partial charge is 0.496 e. The highest BCUT2D eigenvalue weighted by molar-refractivity contribution is 7.18. The van der Waals surface area contributed by atoms with Gasteiger partial charge in [0, 0.05) is 29.6 Å². The highest BCUT2D eigenvalue weighted by atomic mass is 32.1. The average Bonchev–Trinajstić information content (AvgIpc) is 3.15. The van der Waals surface area contributed by atoms with E-state index >= 15 is 0 Å². The van der Waals surface area contributed by atoms with Gasteiger partial charge in [-0.15, -0.1) is 11.3 Å². The second-order valence-corrected chi connectivity index (χ2v) is 9.59. The zero-order valence-corrected chi connectivity index (χ0v) is 19.7. The maximum absolute atomic E-state index is 13.4. The standard InChI is InChI=1S/C24H32N4O2S/c1-5-27(13-12-26(2)3)18-10-11-19-21(14-18)31-23-22(19)24(29)28(16-25-23)15-17-8-6-7-9-20(17)30-4/h6-9,16,18H,5,10-15H2,1-4H3. The first-order valence-corrected chi connectivity index (χ1v) is 11.8. The first-order valence-electron chi connectivity index (χ1n) is 11.0. The fourth-order valence-electron chi connectivity index (χ4n) is 4.55. The average molecular weight is 441 g/mol. The van der Waals surface area contributed by atoms with Crippen LogP contribution >= 0.6 is 11.3 Å². The third kappa shape index (κ3) is 4.54. The number of thiophene rings is 1. The van der Waals surface area contributed by atoms with E-state index in [-0.39, 0.29) is 5.56 Å². The molecule has 1 aliphatic rings. The molecule has 0 bridgehead atoms. The summed E-state index contributed by atoms with van der Waals surface area (Å²) in [7, 11) is 5.91. The lowest BCUT2D eigenvalue weighted by atomic mass is 9.92. The van der Waals surface area contributed by atoms with E-state index in [1.54, 1.807) is 29.3 Å². The van der Waals surface area contributed by atoms with Crippen molar-refractivity contribution < 1.29 is 4.74 Å². The number of likely N-dealkylation sites (N-methyl/N-ethyl adjacent to an activating group) is 2. The highest BCUT2D eigenvalue weighted by Crippen LogP contribution is 2.35. The van der Waals surface area contributed by atoms with E-state index in [2.05, 4.69) is 35.8 Å². The smallest absolute Gasteiger partial charge is 0.262 e. The second kappa shape index (κ2) is 9.51. The van der Waals surface area contributed by atoms with Crippen molar-refractivity contribution in [1.82, 2.24) is 19.4 Å². The van der Waals surface area contributed by atoms with E-state index in [1.807, 2.05) is 24.3 Å². The Kier molecular flexibility index (Phi) is 6.74. The maximum Gasteiger partial charge on any atom is 0.262 e. The zero-order valence-electron chi connectivity index (χ0n) is 18.9. The van der Waals surface area contributed by atoms with Crippen molar-refractivity contribution >= 4 is 21.6 Å². The molecule has 7 heteroatoms. The Hall–Kier alpha value is -2.22. The summed E-state index contributed by atoms with van der Waals surface area (Å²) in [5.41, 5.74) is 2.27. The Morgan fingerprint density at radius 2 is 2.06 bits per heavy atom. The molecule has 2 aromatic heterocycles. The zero-order chi connectivity index (χ0) is 22.0. The molecule has 1 unspecified atom stereocenters. The Balaban J connectivity index is 1.61. The predicted octanol–water partition coefficient (Wildman–Crippen LogP) is 3.26. The van der Waals surface area contributed by atoms with Crippen LogP contribution in [0.5, 0.6) is 5.75 Å². The summed E-state index contributed by atoms with van der Waals surface area (Å²) in [6.45, 7) is 5.92. The third-order valence-corrected chi connectivity index (χ3v) is 7.46. The first kappa shape index (κ1) is 22.0. The van der Waals surface area contributed by atoms with Gasteiger partial charge in [-0.3, -0.25) is 14.3 Å². The van der Waals surface area contributed by atoms with Gasteiger partial charge in [-0.1, -0.05) is 25.1 Å². The number of methoxy groups -OCH3 is 1. The fourth-order valence-corrected chi connectivity index (χ4v) is 5.80. The Bertz CT molecular complexity index is 1100. The molecule has 0 saturated heterocycles. The number of rotatable bonds is 8. The molecule has 0 radical (unpaired) electrons. The van der Waals surface area contributed by atoms with Crippen molar-refractivity contribution in [1.29, 1.82) is 0 Å². The molecule has 31 heavy (non-hydrogen) atoms. The van der Waals surface area contributed by atoms with Crippen LogP contribution in [0, 0.1) is 0 Å². The molecule has 0 spiro atoms. The van der Waals surface area contributed by atoms with Gasteiger partial charge in [-0.25, -0.2) is 4.98 Å². The quantitative estimate of drug-likeness (QED) is 0.538. The Morgan fingerprint density at radius 3 is 2.81 bits per heavy atom. The van der Waals surface area contributed by atoms with Crippen LogP contribution in [-0.4, -0.2) is 66.2 Å². The minimum atomic E-state index is 0.0619. The number of hydrogen-bond acceptors (Lipinski definition) is 6. The summed E-state index contributed by atoms with van der Waals surface area (Å²) in [4.78, 5) is 25.1. The van der Waals surface area contributed by atoms with E-state index in [1.165, 1.54) is 10.4 Å². The lowest BCUT2D eigenvalue weighted by Crippen LogP contribution is -2.42. The van der Waals surface area contributed by atoms with E-state index in [0.29, 0.717) is 12.6 Å². The van der Waals surface area contributed by atoms with Crippen molar-refractivity contribution in [3.63, 3.8) is 0 Å². The molecule has 0 fully saturated rings. The number of ether oxygens (including phenoxy) is 1. The monoisotopic (exact) mass is 440 g/mol. The number of fused-ring (bicyclic) bond motifs is 3.